The summed E-state index contributed by atoms with van der Waals surface area (Å²) in [6, 6.07) is 0. The van der Waals surface area contributed by atoms with E-state index < -0.39 is 47.7 Å². The molecule has 1 atom stereocenters. The minimum absolute atomic E-state index is 0. The van der Waals surface area contributed by atoms with Gasteiger partial charge in [0.15, 0.2) is 11.8 Å². The third kappa shape index (κ3) is 54.0. The molecular formula is C25H50BrKNNaO15. The van der Waals surface area contributed by atoms with Gasteiger partial charge in [-0.1, -0.05) is 36.7 Å². The second-order valence-corrected chi connectivity index (χ2v) is 6.30. The van der Waals surface area contributed by atoms with Crippen LogP contribution in [-0.4, -0.2) is 126 Å². The first-order valence-electron chi connectivity index (χ1n) is 11.7. The van der Waals surface area contributed by atoms with Crippen molar-refractivity contribution in [3.05, 3.63) is 0 Å². The summed E-state index contributed by atoms with van der Waals surface area (Å²) in [5.74, 6) is -4.27. The Labute approximate surface area is 334 Å². The molecule has 0 aromatic rings. The Hall–Kier alpha value is -0.514. The number of nitrogens with zero attached hydrogens (tertiary/aromatic N) is 1. The number of carboxylic acids is 1. The number of halogens is 1. The monoisotopic (exact) mass is 745 g/mol. The number of rotatable bonds is 9. The van der Waals surface area contributed by atoms with Crippen LogP contribution < -0.4 is 86.0 Å². The molecule has 44 heavy (non-hydrogen) atoms. The van der Waals surface area contributed by atoms with Gasteiger partial charge in [0, 0.05) is 0 Å². The van der Waals surface area contributed by atoms with Gasteiger partial charge < -0.3 is 49.1 Å². The molecule has 16 nitrogen and oxygen atoms in total. The SMILES string of the molecule is C=O.CBr.CCN(CC)CC.COC(=O)C(C)C(=O)O.COC(=O)C(C)C(=O)OC.COC(=O)CC(=O)OC.C[O-].[K+].[Na+].[OH-]. The van der Waals surface area contributed by atoms with Crippen LogP contribution in [0.15, 0.2) is 0 Å². The predicted molar refractivity (Wildman–Crippen MR) is 154 cm³/mol. The van der Waals surface area contributed by atoms with Crippen LogP contribution in [0.2, 0.25) is 0 Å². The summed E-state index contributed by atoms with van der Waals surface area (Å²) in [5.41, 5.74) is 0. The number of carbonyl (C=O) groups excluding carboxylic acids is 6. The van der Waals surface area contributed by atoms with Crippen molar-refractivity contribution >= 4 is 58.5 Å². The molecule has 0 aromatic carbocycles. The summed E-state index contributed by atoms with van der Waals surface area (Å²) < 4.78 is 21.1. The molecule has 0 aliphatic rings. The van der Waals surface area contributed by atoms with E-state index in [1.807, 2.05) is 12.6 Å². The van der Waals surface area contributed by atoms with Gasteiger partial charge >= 0.3 is 117 Å². The fraction of sp³-hybridized carbons (Fsp3) is 0.720. The van der Waals surface area contributed by atoms with Crippen LogP contribution in [0.25, 0.3) is 0 Å². The Morgan fingerprint density at radius 1 is 0.682 bits per heavy atom. The topological polar surface area (TPSA) is 242 Å². The number of carboxylic acid groups (broad SMARTS) is 1. The zero-order chi connectivity index (χ0) is 34.6. The number of alkyl halides is 1. The Balaban J connectivity index is -0.0000000406. The van der Waals surface area contributed by atoms with Gasteiger partial charge in [0.1, 0.15) is 13.2 Å². The van der Waals surface area contributed by atoms with Crippen molar-refractivity contribution in [2.24, 2.45) is 11.8 Å². The van der Waals surface area contributed by atoms with Crippen molar-refractivity contribution < 1.29 is 154 Å². The van der Waals surface area contributed by atoms with Crippen molar-refractivity contribution in [1.82, 2.24) is 4.90 Å². The van der Waals surface area contributed by atoms with E-state index in [1.165, 1.54) is 61.9 Å². The van der Waals surface area contributed by atoms with E-state index in [1.54, 1.807) is 0 Å². The number of methoxy groups -OCH3 is 5. The van der Waals surface area contributed by atoms with Gasteiger partial charge in [-0.05, 0) is 39.3 Å². The number of hydrogen-bond acceptors (Lipinski definition) is 15. The second kappa shape index (κ2) is 58.1. The molecule has 0 amide bonds. The van der Waals surface area contributed by atoms with Crippen LogP contribution in [0.5, 0.6) is 0 Å². The molecule has 0 aromatic heterocycles. The summed E-state index contributed by atoms with van der Waals surface area (Å²) in [5, 5.41) is 16.4. The molecule has 0 spiro atoms. The third-order valence-corrected chi connectivity index (χ3v) is 4.12. The number of carbonyl (C=O) groups is 7. The van der Waals surface area contributed by atoms with Crippen molar-refractivity contribution in [2.45, 2.75) is 41.0 Å². The molecule has 19 heteroatoms. The summed E-state index contributed by atoms with van der Waals surface area (Å²) in [6.45, 7) is 14.8. The van der Waals surface area contributed by atoms with Gasteiger partial charge in [0.2, 0.25) is 0 Å². The van der Waals surface area contributed by atoms with E-state index in [9.17, 15) is 28.8 Å². The quantitative estimate of drug-likeness (QED) is 0.0761. The first-order valence-corrected chi connectivity index (χ1v) is 13.3. The van der Waals surface area contributed by atoms with Crippen molar-refractivity contribution in [2.75, 3.05) is 68.1 Å². The van der Waals surface area contributed by atoms with E-state index in [0.29, 0.717) is 0 Å². The Morgan fingerprint density at radius 2 is 0.909 bits per heavy atom. The van der Waals surface area contributed by atoms with Gasteiger partial charge in [0.25, 0.3) is 0 Å². The number of hydrogen-bond donors (Lipinski definition) is 1. The molecule has 0 saturated heterocycles. The zero-order valence-corrected chi connectivity index (χ0v) is 35.4. The van der Waals surface area contributed by atoms with Crippen LogP contribution in [0.1, 0.15) is 41.0 Å². The van der Waals surface area contributed by atoms with Crippen molar-refractivity contribution in [1.29, 1.82) is 0 Å². The molecule has 0 fully saturated rings. The molecule has 0 saturated carbocycles. The third-order valence-electron chi connectivity index (χ3n) is 4.12. The number of aliphatic carboxylic acids is 1. The summed E-state index contributed by atoms with van der Waals surface area (Å²) in [6.07, 6.45) is -0.312. The van der Waals surface area contributed by atoms with Crippen LogP contribution in [0.4, 0.5) is 0 Å². The Morgan fingerprint density at radius 3 is 1.02 bits per heavy atom. The molecule has 1 unspecified atom stereocenters. The van der Waals surface area contributed by atoms with Crippen LogP contribution >= 0.6 is 15.9 Å². The summed E-state index contributed by atoms with van der Waals surface area (Å²) in [7, 11) is 6.78. The van der Waals surface area contributed by atoms with Gasteiger partial charge in [-0.25, -0.2) is 0 Å². The minimum atomic E-state index is -1.16. The average Bonchev–Trinajstić information content (AvgIpc) is 3.03. The smallest absolute Gasteiger partial charge is 0.870 e. The Kier molecular flexibility index (Phi) is 92.4. The molecular weight excluding hydrogens is 696 g/mol. The van der Waals surface area contributed by atoms with Gasteiger partial charge in [0.05, 0.1) is 35.5 Å². The number of esters is 5. The molecule has 0 aliphatic heterocycles. The first-order chi connectivity index (χ1) is 19.3. The largest absolute Gasteiger partial charge is 1.00 e. The van der Waals surface area contributed by atoms with Gasteiger partial charge in [-0.2, -0.15) is 7.11 Å². The fourth-order valence-corrected chi connectivity index (χ4v) is 1.66. The van der Waals surface area contributed by atoms with E-state index >= 15 is 0 Å². The predicted octanol–water partition coefficient (Wildman–Crippen LogP) is -5.45. The van der Waals surface area contributed by atoms with E-state index in [0.717, 1.165) is 14.2 Å². The van der Waals surface area contributed by atoms with E-state index in [2.05, 4.69) is 65.3 Å². The first kappa shape index (κ1) is 70.0. The van der Waals surface area contributed by atoms with Crippen LogP contribution in [-0.2, 0) is 57.2 Å². The van der Waals surface area contributed by atoms with E-state index in [4.69, 9.17) is 15.0 Å². The molecule has 0 rings (SSSR count). The van der Waals surface area contributed by atoms with Gasteiger partial charge in [-0.3, -0.25) is 28.8 Å². The minimum Gasteiger partial charge on any atom is -0.870 e. The second-order valence-electron chi connectivity index (χ2n) is 6.30. The van der Waals surface area contributed by atoms with Crippen LogP contribution in [0.3, 0.4) is 0 Å². The maximum absolute atomic E-state index is 10.6. The van der Waals surface area contributed by atoms with Crippen LogP contribution in [0, 0.1) is 11.8 Å². The van der Waals surface area contributed by atoms with Crippen molar-refractivity contribution in [3.8, 4) is 0 Å². The summed E-state index contributed by atoms with van der Waals surface area (Å²) >= 11 is 2.94. The molecule has 254 valence electrons. The molecule has 0 radical (unpaired) electrons. The molecule has 0 heterocycles. The number of ether oxygens (including phenoxy) is 5. The fourth-order valence-electron chi connectivity index (χ4n) is 1.66. The average molecular weight is 747 g/mol. The van der Waals surface area contributed by atoms with E-state index in [-0.39, 0.29) is 92.8 Å². The Bertz CT molecular complexity index is 635. The van der Waals surface area contributed by atoms with Gasteiger partial charge in [-0.15, -0.1) is 0 Å². The summed E-state index contributed by atoms with van der Waals surface area (Å²) in [4.78, 5) is 72.4. The normalized spacial score (nSPS) is 8.27. The molecule has 2 N–H and O–H groups in total. The van der Waals surface area contributed by atoms with Crippen molar-refractivity contribution in [3.63, 3.8) is 0 Å². The zero-order valence-electron chi connectivity index (χ0n) is 28.7. The maximum Gasteiger partial charge on any atom is 1.00 e. The molecule has 0 bridgehead atoms. The standard InChI is InChI=1S/C6H15N.C6H10O4.2C5H8O4.CH3Br.CH3O.CH2O.K.Na.H2O/c1-4-7(5-2)6-3;1-4(5(7)9-2)6(8)10-3;1-8-4(6)3-5(7)9-2;1-3(4(6)7)5(8)9-2;3*1-2;;;/h4-6H2,1-3H3;4H,1-3H3;3H2,1-2H3;3H,1-2H3,(H,6,7);2*1H3;1H2;;;1H2/q;;;;;-1;;2*+1;/p-1. The maximum atomic E-state index is 10.6. The molecule has 0 aliphatic carbocycles.